The van der Waals surface area contributed by atoms with Crippen LogP contribution in [0.2, 0.25) is 5.02 Å². The first-order chi connectivity index (χ1) is 8.58. The second-order valence-corrected chi connectivity index (χ2v) is 4.65. The Morgan fingerprint density at radius 1 is 1.33 bits per heavy atom. The van der Waals surface area contributed by atoms with E-state index in [-0.39, 0.29) is 18.6 Å². The van der Waals surface area contributed by atoms with Crippen molar-refractivity contribution in [3.8, 4) is 5.75 Å². The van der Waals surface area contributed by atoms with Gasteiger partial charge in [0, 0.05) is 24.3 Å². The molecule has 0 fully saturated rings. The number of Topliss-reactive ketones (excluding diaryl/α,β-unsaturated/α-hetero) is 1. The largest absolute Gasteiger partial charge is 0.492 e. The van der Waals surface area contributed by atoms with E-state index in [9.17, 15) is 9.59 Å². The molecule has 1 aromatic rings. The van der Waals surface area contributed by atoms with Crippen molar-refractivity contribution in [1.82, 2.24) is 0 Å². The first-order valence-electron chi connectivity index (χ1n) is 5.78. The van der Waals surface area contributed by atoms with Gasteiger partial charge in [-0.3, -0.25) is 9.59 Å². The van der Waals surface area contributed by atoms with Gasteiger partial charge in [0.15, 0.2) is 5.78 Å². The van der Waals surface area contributed by atoms with Gasteiger partial charge < -0.3 is 9.84 Å². The average molecular weight is 269 g/mol. The molecule has 1 aromatic carbocycles. The number of carbonyl (C=O) groups excluding carboxylic acids is 1. The summed E-state index contributed by atoms with van der Waals surface area (Å²) in [6, 6.07) is 3.40. The maximum atomic E-state index is 12.0. The van der Waals surface area contributed by atoms with Crippen molar-refractivity contribution in [3.63, 3.8) is 0 Å². The Morgan fingerprint density at radius 3 is 2.83 bits per heavy atom. The van der Waals surface area contributed by atoms with Crippen LogP contribution in [0.4, 0.5) is 0 Å². The summed E-state index contributed by atoms with van der Waals surface area (Å²) >= 11 is 5.96. The summed E-state index contributed by atoms with van der Waals surface area (Å²) in [6.07, 6.45) is 1.28. The van der Waals surface area contributed by atoms with Gasteiger partial charge in [-0.2, -0.15) is 0 Å². The third kappa shape index (κ3) is 2.82. The normalized spacial score (nSPS) is 12.9. The van der Waals surface area contributed by atoms with E-state index in [1.54, 1.807) is 12.1 Å². The van der Waals surface area contributed by atoms with Crippen LogP contribution >= 0.6 is 11.6 Å². The Kier molecular flexibility index (Phi) is 3.87. The van der Waals surface area contributed by atoms with E-state index in [2.05, 4.69) is 0 Å². The zero-order valence-electron chi connectivity index (χ0n) is 9.74. The molecule has 0 saturated carbocycles. The molecule has 1 aliphatic heterocycles. The number of aliphatic carboxylic acids is 1. The molecular weight excluding hydrogens is 256 g/mol. The van der Waals surface area contributed by atoms with E-state index < -0.39 is 5.97 Å². The maximum absolute atomic E-state index is 12.0. The minimum Gasteiger partial charge on any atom is -0.492 e. The predicted octanol–water partition coefficient (Wildman–Crippen LogP) is 2.71. The van der Waals surface area contributed by atoms with Crippen LogP contribution in [0.1, 0.15) is 35.2 Å². The van der Waals surface area contributed by atoms with Gasteiger partial charge in [0.05, 0.1) is 12.2 Å². The zero-order chi connectivity index (χ0) is 13.1. The monoisotopic (exact) mass is 268 g/mol. The minimum absolute atomic E-state index is 0.00461. The number of carboxylic acids is 1. The Labute approximate surface area is 110 Å². The van der Waals surface area contributed by atoms with Crippen LogP contribution in [-0.2, 0) is 11.2 Å². The van der Waals surface area contributed by atoms with Crippen molar-refractivity contribution < 1.29 is 19.4 Å². The lowest BCUT2D eigenvalue weighted by atomic mass is 10.0. The molecule has 4 nitrogen and oxygen atoms in total. The third-order valence-corrected chi connectivity index (χ3v) is 3.06. The van der Waals surface area contributed by atoms with Gasteiger partial charge >= 0.3 is 5.97 Å². The van der Waals surface area contributed by atoms with E-state index in [1.165, 1.54) is 0 Å². The Morgan fingerprint density at radius 2 is 2.11 bits per heavy atom. The summed E-state index contributed by atoms with van der Waals surface area (Å²) in [6.45, 7) is 0.561. The number of ether oxygens (including phenoxy) is 1. The highest BCUT2D eigenvalue weighted by Gasteiger charge is 2.21. The third-order valence-electron chi connectivity index (χ3n) is 2.84. The van der Waals surface area contributed by atoms with Gasteiger partial charge in [0.1, 0.15) is 5.75 Å². The smallest absolute Gasteiger partial charge is 0.303 e. The van der Waals surface area contributed by atoms with Crippen LogP contribution in [0.15, 0.2) is 12.1 Å². The van der Waals surface area contributed by atoms with Gasteiger partial charge in [-0.25, -0.2) is 0 Å². The molecule has 1 heterocycles. The van der Waals surface area contributed by atoms with Gasteiger partial charge in [-0.05, 0) is 24.1 Å². The lowest BCUT2D eigenvalue weighted by Gasteiger charge is -2.07. The number of halogens is 1. The molecule has 96 valence electrons. The lowest BCUT2D eigenvalue weighted by Crippen LogP contribution is -2.04. The average Bonchev–Trinajstić information content (AvgIpc) is 2.74. The Bertz CT molecular complexity index is 496. The number of ketones is 1. The molecule has 18 heavy (non-hydrogen) atoms. The van der Waals surface area contributed by atoms with Crippen molar-refractivity contribution in [1.29, 1.82) is 0 Å². The molecule has 5 heteroatoms. The lowest BCUT2D eigenvalue weighted by molar-refractivity contribution is -0.137. The van der Waals surface area contributed by atoms with Crippen LogP contribution in [0, 0.1) is 0 Å². The molecule has 1 N–H and O–H groups in total. The predicted molar refractivity (Wildman–Crippen MR) is 66.5 cm³/mol. The highest BCUT2D eigenvalue weighted by molar-refractivity contribution is 6.31. The van der Waals surface area contributed by atoms with E-state index in [1.807, 2.05) is 0 Å². The fourth-order valence-corrected chi connectivity index (χ4v) is 2.25. The zero-order valence-corrected chi connectivity index (χ0v) is 10.5. The van der Waals surface area contributed by atoms with Gasteiger partial charge in [0.2, 0.25) is 0 Å². The van der Waals surface area contributed by atoms with E-state index in [0.717, 1.165) is 12.0 Å². The molecule has 0 aliphatic carbocycles. The molecule has 0 aromatic heterocycles. The quantitative estimate of drug-likeness (QED) is 0.834. The molecule has 0 radical (unpaired) electrons. The van der Waals surface area contributed by atoms with Crippen molar-refractivity contribution in [2.24, 2.45) is 0 Å². The number of carboxylic acid groups (broad SMARTS) is 1. The van der Waals surface area contributed by atoms with Gasteiger partial charge in [-0.15, -0.1) is 0 Å². The number of fused-ring (bicyclic) bond motifs is 1. The van der Waals surface area contributed by atoms with Crippen LogP contribution in [0.3, 0.4) is 0 Å². The van der Waals surface area contributed by atoms with Crippen LogP contribution in [-0.4, -0.2) is 23.5 Å². The molecule has 0 bridgehead atoms. The first kappa shape index (κ1) is 12.9. The molecule has 0 amide bonds. The number of benzene rings is 1. The van der Waals surface area contributed by atoms with E-state index in [0.29, 0.717) is 29.4 Å². The summed E-state index contributed by atoms with van der Waals surface area (Å²) in [4.78, 5) is 22.4. The van der Waals surface area contributed by atoms with E-state index in [4.69, 9.17) is 21.4 Å². The number of hydrogen-bond acceptors (Lipinski definition) is 3. The number of hydrogen-bond donors (Lipinski definition) is 1. The number of carbonyl (C=O) groups is 2. The second kappa shape index (κ2) is 5.40. The molecule has 0 unspecified atom stereocenters. The number of rotatable bonds is 5. The van der Waals surface area contributed by atoms with Gasteiger partial charge in [-0.1, -0.05) is 11.6 Å². The van der Waals surface area contributed by atoms with Gasteiger partial charge in [0.25, 0.3) is 0 Å². The SMILES string of the molecule is O=C(O)CCCC(=O)c1cc(Cl)cc2c1OCC2. The van der Waals surface area contributed by atoms with Crippen molar-refractivity contribution >= 4 is 23.4 Å². The highest BCUT2D eigenvalue weighted by Crippen LogP contribution is 2.33. The second-order valence-electron chi connectivity index (χ2n) is 4.21. The molecule has 0 atom stereocenters. The summed E-state index contributed by atoms with van der Waals surface area (Å²) < 4.78 is 5.44. The molecular formula is C13H13ClO4. The molecule has 0 spiro atoms. The highest BCUT2D eigenvalue weighted by atomic mass is 35.5. The Hall–Kier alpha value is -1.55. The summed E-state index contributed by atoms with van der Waals surface area (Å²) in [5, 5.41) is 9.05. The minimum atomic E-state index is -0.893. The summed E-state index contributed by atoms with van der Waals surface area (Å²) in [7, 11) is 0. The van der Waals surface area contributed by atoms with Crippen LogP contribution < -0.4 is 4.74 Å². The van der Waals surface area contributed by atoms with Crippen LogP contribution in [0.5, 0.6) is 5.75 Å². The standard InChI is InChI=1S/C13H13ClO4/c14-9-6-8-4-5-18-13(8)10(7-9)11(15)2-1-3-12(16)17/h6-7H,1-5H2,(H,16,17). The molecule has 0 saturated heterocycles. The van der Waals surface area contributed by atoms with Crippen molar-refractivity contribution in [3.05, 3.63) is 28.3 Å². The summed E-state index contributed by atoms with van der Waals surface area (Å²) in [5.74, 6) is -0.396. The molecule has 2 rings (SSSR count). The van der Waals surface area contributed by atoms with Crippen molar-refractivity contribution in [2.75, 3.05) is 6.61 Å². The van der Waals surface area contributed by atoms with Crippen molar-refractivity contribution in [2.45, 2.75) is 25.7 Å². The molecule has 1 aliphatic rings. The van der Waals surface area contributed by atoms with Crippen LogP contribution in [0.25, 0.3) is 0 Å². The fraction of sp³-hybridized carbons (Fsp3) is 0.385. The fourth-order valence-electron chi connectivity index (χ4n) is 2.01. The van der Waals surface area contributed by atoms with E-state index >= 15 is 0 Å². The first-order valence-corrected chi connectivity index (χ1v) is 6.16. The summed E-state index contributed by atoms with van der Waals surface area (Å²) in [5.41, 5.74) is 1.42. The maximum Gasteiger partial charge on any atom is 0.303 e. The Balaban J connectivity index is 2.13. The topological polar surface area (TPSA) is 63.6 Å².